The number of Topliss-reactive ketones (excluding diaryl/α,β-unsaturated/α-hetero) is 2. The molecule has 0 N–H and O–H groups in total. The fourth-order valence-electron chi connectivity index (χ4n) is 3.44. The maximum absolute atomic E-state index is 14.7. The van der Waals surface area contributed by atoms with E-state index in [2.05, 4.69) is 22.1 Å². The first kappa shape index (κ1) is 28.7. The molecule has 4 aromatic rings. The third-order valence-electron chi connectivity index (χ3n) is 5.12. The summed E-state index contributed by atoms with van der Waals surface area (Å²) in [4.78, 5) is 31.4. The molecular weight excluding hydrogens is 687 g/mol. The van der Waals surface area contributed by atoms with Crippen molar-refractivity contribution in [2.24, 2.45) is 0 Å². The van der Waals surface area contributed by atoms with Gasteiger partial charge in [0.25, 0.3) is 0 Å². The van der Waals surface area contributed by atoms with Crippen molar-refractivity contribution in [2.45, 2.75) is 13.8 Å². The van der Waals surface area contributed by atoms with Gasteiger partial charge >= 0.3 is 21.1 Å². The third-order valence-corrected chi connectivity index (χ3v) is 5.12. The topological polar surface area (TPSA) is 78.4 Å². The Bertz CT molecular complexity index is 1420. The maximum atomic E-state index is 14.7. The molecule has 0 unspecified atom stereocenters. The van der Waals surface area contributed by atoms with E-state index in [0.29, 0.717) is 0 Å². The Labute approximate surface area is 228 Å². The van der Waals surface area contributed by atoms with Crippen LogP contribution in [0.2, 0.25) is 0 Å². The van der Waals surface area contributed by atoms with Gasteiger partial charge in [0, 0.05) is 11.1 Å². The monoisotopic (exact) mass is 703 g/mol. The Morgan fingerprint density at radius 2 is 1.13 bits per heavy atom. The third kappa shape index (κ3) is 5.97. The number of carbonyl (C=O) groups is 2. The second-order valence-electron chi connectivity index (χ2n) is 7.64. The van der Waals surface area contributed by atoms with Gasteiger partial charge in [-0.1, -0.05) is 35.4 Å². The van der Waals surface area contributed by atoms with Crippen LogP contribution in [0.25, 0.3) is 22.5 Å². The van der Waals surface area contributed by atoms with Crippen LogP contribution in [0.3, 0.4) is 0 Å². The number of ketones is 2. The van der Waals surface area contributed by atoms with Gasteiger partial charge in [0.1, 0.15) is 11.6 Å². The number of hydrogen-bond acceptors (Lipinski definition) is 6. The minimum Gasteiger partial charge on any atom is -0.441 e. The molecule has 2 aromatic heterocycles. The SMILES string of the molecule is CC(=O)c1c(F)c[c-]c(-c2cccc(OCOc3cccc(-c4[c-]cc(F)c(C(C)=O)c4F)n3)n2)c1F.[Pt+2]. The first-order chi connectivity index (χ1) is 17.7. The Kier molecular flexibility index (Phi) is 9.12. The smallest absolute Gasteiger partial charge is 0.441 e. The van der Waals surface area contributed by atoms with Gasteiger partial charge in [0.15, 0.2) is 0 Å². The first-order valence-corrected chi connectivity index (χ1v) is 10.7. The average molecular weight is 704 g/mol. The van der Waals surface area contributed by atoms with E-state index in [0.717, 1.165) is 26.0 Å². The molecule has 0 saturated carbocycles. The van der Waals surface area contributed by atoms with Crippen molar-refractivity contribution < 1.29 is 57.7 Å². The van der Waals surface area contributed by atoms with Gasteiger partial charge in [0.2, 0.25) is 18.6 Å². The molecule has 0 spiro atoms. The fraction of sp³-hybridized carbons (Fsp3) is 0.111. The number of rotatable bonds is 8. The van der Waals surface area contributed by atoms with E-state index >= 15 is 0 Å². The van der Waals surface area contributed by atoms with Crippen molar-refractivity contribution in [3.05, 3.63) is 95.1 Å². The molecule has 4 rings (SSSR count). The number of hydrogen-bond donors (Lipinski definition) is 0. The summed E-state index contributed by atoms with van der Waals surface area (Å²) < 4.78 is 67.9. The number of ether oxygens (including phenoxy) is 2. The van der Waals surface area contributed by atoms with Crippen LogP contribution in [0.15, 0.2) is 48.5 Å². The number of halogens is 4. The van der Waals surface area contributed by atoms with Crippen LogP contribution < -0.4 is 9.47 Å². The fourth-order valence-corrected chi connectivity index (χ4v) is 3.44. The first-order valence-electron chi connectivity index (χ1n) is 10.7. The molecule has 0 bridgehead atoms. The van der Waals surface area contributed by atoms with E-state index in [1.165, 1.54) is 36.4 Å². The molecule has 0 radical (unpaired) electrons. The van der Waals surface area contributed by atoms with E-state index in [1.807, 2.05) is 0 Å². The maximum Gasteiger partial charge on any atom is 2.00 e. The summed E-state index contributed by atoms with van der Waals surface area (Å²) in [5, 5.41) is 0. The van der Waals surface area contributed by atoms with Gasteiger partial charge in [-0.25, -0.2) is 0 Å². The quantitative estimate of drug-likeness (QED) is 0.100. The molecule has 38 heavy (non-hydrogen) atoms. The van der Waals surface area contributed by atoms with Crippen molar-refractivity contribution in [1.82, 2.24) is 9.97 Å². The summed E-state index contributed by atoms with van der Waals surface area (Å²) in [7, 11) is 0. The predicted octanol–water partition coefficient (Wildman–Crippen LogP) is 5.79. The van der Waals surface area contributed by atoms with Gasteiger partial charge in [0.05, 0.1) is 23.3 Å². The molecule has 0 fully saturated rings. The Morgan fingerprint density at radius 1 is 0.737 bits per heavy atom. The molecule has 0 aliphatic rings. The standard InChI is InChI=1S/C27H16F4N2O4.Pt/c1-14(34)24-18(28)11-9-16(26(24)30)20-5-3-7-22(32-20)36-13-37-23-8-4-6-21(33-23)17-10-12-19(29)25(15(2)35)27(17)31;/h3-8,11-12H,13H2,1-2H3;/q-2;+2. The van der Waals surface area contributed by atoms with Crippen LogP contribution in [0.5, 0.6) is 11.8 Å². The van der Waals surface area contributed by atoms with Crippen LogP contribution in [0.1, 0.15) is 34.6 Å². The normalized spacial score (nSPS) is 10.5. The number of aromatic nitrogens is 2. The summed E-state index contributed by atoms with van der Waals surface area (Å²) in [5.74, 6) is -5.77. The Balaban J connectivity index is 0.00000400. The predicted molar refractivity (Wildman–Crippen MR) is 123 cm³/mol. The van der Waals surface area contributed by atoms with E-state index in [4.69, 9.17) is 9.47 Å². The van der Waals surface area contributed by atoms with E-state index in [-0.39, 0.29) is 55.3 Å². The molecule has 0 atom stereocenters. The van der Waals surface area contributed by atoms with Crippen molar-refractivity contribution in [2.75, 3.05) is 6.79 Å². The molecule has 6 nitrogen and oxygen atoms in total. The molecule has 0 aliphatic carbocycles. The number of pyridine rings is 2. The van der Waals surface area contributed by atoms with Crippen molar-refractivity contribution in [1.29, 1.82) is 0 Å². The molecule has 0 amide bonds. The number of carbonyl (C=O) groups excluding carboxylic acids is 2. The van der Waals surface area contributed by atoms with Gasteiger partial charge in [-0.05, 0) is 37.4 Å². The zero-order valence-electron chi connectivity index (χ0n) is 19.7. The van der Waals surface area contributed by atoms with E-state index < -0.39 is 52.8 Å². The van der Waals surface area contributed by atoms with Crippen molar-refractivity contribution in [3.63, 3.8) is 0 Å². The van der Waals surface area contributed by atoms with E-state index in [1.54, 1.807) is 0 Å². The molecule has 196 valence electrons. The summed E-state index contributed by atoms with van der Waals surface area (Å²) in [6.07, 6.45) is 0. The minimum atomic E-state index is -1.09. The van der Waals surface area contributed by atoms with Crippen molar-refractivity contribution >= 4 is 11.6 Å². The number of benzene rings is 2. The molecule has 2 heterocycles. The van der Waals surface area contributed by atoms with Crippen molar-refractivity contribution in [3.8, 4) is 34.3 Å². The van der Waals surface area contributed by atoms with Gasteiger partial charge in [-0.15, -0.1) is 24.3 Å². The second kappa shape index (κ2) is 12.1. The summed E-state index contributed by atoms with van der Waals surface area (Å²) in [5.41, 5.74) is -1.73. The Morgan fingerprint density at radius 3 is 1.50 bits per heavy atom. The zero-order chi connectivity index (χ0) is 26.7. The molecule has 0 aliphatic heterocycles. The molecule has 0 saturated heterocycles. The summed E-state index contributed by atoms with van der Waals surface area (Å²) in [6.45, 7) is 1.68. The van der Waals surface area contributed by atoms with Gasteiger partial charge < -0.3 is 9.47 Å². The largest absolute Gasteiger partial charge is 2.00 e. The second-order valence-corrected chi connectivity index (χ2v) is 7.64. The minimum absolute atomic E-state index is 0. The summed E-state index contributed by atoms with van der Waals surface area (Å²) >= 11 is 0. The Hall–Kier alpha value is -3.91. The molecule has 2 aromatic carbocycles. The van der Waals surface area contributed by atoms with Gasteiger partial charge in [-0.2, -0.15) is 0 Å². The van der Waals surface area contributed by atoms with Crippen LogP contribution in [-0.4, -0.2) is 28.3 Å². The molecular formula is C27H16F4N2O4Pt. The van der Waals surface area contributed by atoms with Crippen LogP contribution in [0.4, 0.5) is 17.6 Å². The van der Waals surface area contributed by atoms with Crippen LogP contribution in [0, 0.1) is 35.4 Å². The van der Waals surface area contributed by atoms with Crippen LogP contribution >= 0.6 is 0 Å². The number of nitrogens with zero attached hydrogens (tertiary/aromatic N) is 2. The molecule has 11 heteroatoms. The van der Waals surface area contributed by atoms with Gasteiger partial charge in [-0.3, -0.25) is 37.1 Å². The summed E-state index contributed by atoms with van der Waals surface area (Å²) in [6, 6.07) is 15.3. The van der Waals surface area contributed by atoms with Crippen LogP contribution in [-0.2, 0) is 21.1 Å². The zero-order valence-corrected chi connectivity index (χ0v) is 22.0. The van der Waals surface area contributed by atoms with E-state index in [9.17, 15) is 27.2 Å². The average Bonchev–Trinajstić information content (AvgIpc) is 2.84.